The predicted molar refractivity (Wildman–Crippen MR) is 98.0 cm³/mol. The number of nitrogens with two attached hydrogens (primary N) is 1. The molecule has 2 aromatic rings. The summed E-state index contributed by atoms with van der Waals surface area (Å²) in [5, 5.41) is 6.28. The summed E-state index contributed by atoms with van der Waals surface area (Å²) in [6.45, 7) is 0.498. The third-order valence-electron chi connectivity index (χ3n) is 4.15. The third-order valence-corrected chi connectivity index (χ3v) is 4.15. The highest BCUT2D eigenvalue weighted by atomic mass is 16.2. The highest BCUT2D eigenvalue weighted by molar-refractivity contribution is 6.25. The predicted octanol–water partition coefficient (Wildman–Crippen LogP) is 1.07. The fraction of sp³-hybridized carbons (Fsp3) is 0.222. The number of amides is 4. The Morgan fingerprint density at radius 3 is 2.31 bits per heavy atom. The van der Waals surface area contributed by atoms with Gasteiger partial charge >= 0.3 is 6.03 Å². The summed E-state index contributed by atoms with van der Waals surface area (Å²) in [5.74, 6) is -0.629. The molecule has 0 radical (unpaired) electrons. The second-order valence-corrected chi connectivity index (χ2v) is 5.80. The van der Waals surface area contributed by atoms with Crippen molar-refractivity contribution in [2.75, 3.05) is 20.1 Å². The number of hydrogen-bond donors (Lipinski definition) is 3. The Kier molecular flexibility index (Phi) is 4.83. The summed E-state index contributed by atoms with van der Waals surface area (Å²) in [6.07, 6.45) is 0.436. The summed E-state index contributed by atoms with van der Waals surface area (Å²) in [7, 11) is 1.47. The van der Waals surface area contributed by atoms with E-state index in [0.29, 0.717) is 22.9 Å². The van der Waals surface area contributed by atoms with Gasteiger partial charge in [-0.2, -0.15) is 0 Å². The molecule has 0 saturated heterocycles. The average Bonchev–Trinajstić information content (AvgIpc) is 2.65. The molecule has 1 heterocycles. The second-order valence-electron chi connectivity index (χ2n) is 5.80. The normalized spacial score (nSPS) is 13.9. The number of urea groups is 1. The molecule has 0 unspecified atom stereocenters. The lowest BCUT2D eigenvalue weighted by Gasteiger charge is -2.27. The molecule has 8 heteroatoms. The quantitative estimate of drug-likeness (QED) is 0.330. The first kappa shape index (κ1) is 17.4. The molecule has 4 N–H and O–H groups in total. The van der Waals surface area contributed by atoms with Crippen LogP contribution in [0.4, 0.5) is 4.79 Å². The van der Waals surface area contributed by atoms with Gasteiger partial charge in [0.1, 0.15) is 0 Å². The lowest BCUT2D eigenvalue weighted by atomic mass is 9.94. The van der Waals surface area contributed by atoms with Gasteiger partial charge in [-0.05, 0) is 23.9 Å². The number of carbonyl (C=O) groups is 3. The van der Waals surface area contributed by atoms with Gasteiger partial charge in [0.25, 0.3) is 11.8 Å². The molecule has 3 rings (SSSR count). The van der Waals surface area contributed by atoms with Crippen LogP contribution in [0.1, 0.15) is 27.1 Å². The van der Waals surface area contributed by atoms with E-state index in [0.717, 1.165) is 5.39 Å². The molecule has 0 atom stereocenters. The van der Waals surface area contributed by atoms with Gasteiger partial charge in [-0.3, -0.25) is 24.8 Å². The largest absolute Gasteiger partial charge is 0.370 e. The molecule has 0 spiro atoms. The second kappa shape index (κ2) is 7.22. The highest BCUT2D eigenvalue weighted by Gasteiger charge is 2.31. The SMILES string of the molecule is CNC(=O)NC(N)=NCCCN1C(=O)c2cccc3cccc(c23)C1=O. The standard InChI is InChI=1S/C18H19N5O3/c1-20-18(26)22-17(19)21-9-4-10-23-15(24)12-7-2-5-11-6-3-8-13(14(11)12)16(23)25/h2-3,5-8H,4,9-10H2,1H3,(H4,19,20,21,22,26). The molecular formula is C18H19N5O3. The molecule has 1 aliphatic heterocycles. The molecule has 26 heavy (non-hydrogen) atoms. The third kappa shape index (κ3) is 3.21. The lowest BCUT2D eigenvalue weighted by molar-refractivity contribution is 0.0610. The zero-order chi connectivity index (χ0) is 18.7. The molecule has 4 amide bonds. The molecular weight excluding hydrogens is 334 g/mol. The van der Waals surface area contributed by atoms with Gasteiger partial charge in [0, 0.05) is 36.7 Å². The van der Waals surface area contributed by atoms with Crippen molar-refractivity contribution >= 4 is 34.6 Å². The molecule has 134 valence electrons. The van der Waals surface area contributed by atoms with Crippen LogP contribution >= 0.6 is 0 Å². The van der Waals surface area contributed by atoms with E-state index in [9.17, 15) is 14.4 Å². The van der Waals surface area contributed by atoms with Crippen LogP contribution in [-0.4, -0.2) is 48.8 Å². The summed E-state index contributed by atoms with van der Waals surface area (Å²) in [4.78, 5) is 41.8. The first-order valence-corrected chi connectivity index (χ1v) is 8.19. The van der Waals surface area contributed by atoms with Crippen molar-refractivity contribution in [2.45, 2.75) is 6.42 Å². The van der Waals surface area contributed by atoms with Crippen LogP contribution in [0.5, 0.6) is 0 Å². The van der Waals surface area contributed by atoms with E-state index in [2.05, 4.69) is 15.6 Å². The molecule has 0 saturated carbocycles. The minimum absolute atomic E-state index is 0.0178. The maximum atomic E-state index is 12.7. The minimum atomic E-state index is -0.461. The monoisotopic (exact) mass is 353 g/mol. The van der Waals surface area contributed by atoms with Gasteiger partial charge in [-0.1, -0.05) is 24.3 Å². The number of benzene rings is 2. The molecule has 0 aromatic heterocycles. The van der Waals surface area contributed by atoms with E-state index in [4.69, 9.17) is 5.73 Å². The van der Waals surface area contributed by atoms with Crippen molar-refractivity contribution in [2.24, 2.45) is 10.7 Å². The number of nitrogens with zero attached hydrogens (tertiary/aromatic N) is 2. The first-order chi connectivity index (χ1) is 12.5. The van der Waals surface area contributed by atoms with Gasteiger partial charge < -0.3 is 11.1 Å². The highest BCUT2D eigenvalue weighted by Crippen LogP contribution is 2.29. The van der Waals surface area contributed by atoms with Gasteiger partial charge in [0.15, 0.2) is 5.96 Å². The molecule has 1 aliphatic rings. The Labute approximate surface area is 150 Å². The smallest absolute Gasteiger partial charge is 0.321 e. The maximum absolute atomic E-state index is 12.7. The van der Waals surface area contributed by atoms with Crippen LogP contribution in [-0.2, 0) is 0 Å². The Morgan fingerprint density at radius 1 is 1.12 bits per heavy atom. The van der Waals surface area contributed by atoms with Crippen molar-refractivity contribution in [3.63, 3.8) is 0 Å². The van der Waals surface area contributed by atoms with Crippen LogP contribution in [0, 0.1) is 0 Å². The minimum Gasteiger partial charge on any atom is -0.370 e. The van der Waals surface area contributed by atoms with E-state index < -0.39 is 6.03 Å². The summed E-state index contributed by atoms with van der Waals surface area (Å²) in [5.41, 5.74) is 6.63. The van der Waals surface area contributed by atoms with Crippen LogP contribution in [0.2, 0.25) is 0 Å². The van der Waals surface area contributed by atoms with Crippen LogP contribution < -0.4 is 16.4 Å². The zero-order valence-corrected chi connectivity index (χ0v) is 14.3. The number of carbonyl (C=O) groups excluding carboxylic acids is 3. The Balaban J connectivity index is 1.71. The van der Waals surface area contributed by atoms with E-state index in [1.165, 1.54) is 11.9 Å². The van der Waals surface area contributed by atoms with Gasteiger partial charge in [-0.25, -0.2) is 4.79 Å². The number of nitrogens with one attached hydrogen (secondary N) is 2. The van der Waals surface area contributed by atoms with E-state index in [1.54, 1.807) is 12.1 Å². The van der Waals surface area contributed by atoms with Gasteiger partial charge in [0.05, 0.1) is 0 Å². The summed E-state index contributed by atoms with van der Waals surface area (Å²) < 4.78 is 0. The topological polar surface area (TPSA) is 117 Å². The summed E-state index contributed by atoms with van der Waals surface area (Å²) >= 11 is 0. The van der Waals surface area contributed by atoms with Crippen molar-refractivity contribution in [1.82, 2.24) is 15.5 Å². The molecule has 8 nitrogen and oxygen atoms in total. The Bertz CT molecular complexity index is 871. The Morgan fingerprint density at radius 2 is 1.73 bits per heavy atom. The maximum Gasteiger partial charge on any atom is 0.321 e. The summed E-state index contributed by atoms with van der Waals surface area (Å²) in [6, 6.07) is 10.4. The number of imide groups is 1. The molecule has 2 aromatic carbocycles. The van der Waals surface area contributed by atoms with Crippen molar-refractivity contribution in [3.05, 3.63) is 47.5 Å². The van der Waals surface area contributed by atoms with Crippen molar-refractivity contribution in [3.8, 4) is 0 Å². The molecule has 0 bridgehead atoms. The van der Waals surface area contributed by atoms with E-state index >= 15 is 0 Å². The number of hydrogen-bond acceptors (Lipinski definition) is 4. The van der Waals surface area contributed by atoms with Gasteiger partial charge in [-0.15, -0.1) is 0 Å². The number of rotatable bonds is 4. The molecule has 0 aliphatic carbocycles. The van der Waals surface area contributed by atoms with E-state index in [-0.39, 0.29) is 30.9 Å². The molecule has 0 fully saturated rings. The Hall–Kier alpha value is -3.42. The number of aliphatic imine (C=N–C) groups is 1. The van der Waals surface area contributed by atoms with Crippen LogP contribution in [0.15, 0.2) is 41.4 Å². The van der Waals surface area contributed by atoms with Crippen LogP contribution in [0.3, 0.4) is 0 Å². The van der Waals surface area contributed by atoms with E-state index in [1.807, 2.05) is 24.3 Å². The average molecular weight is 353 g/mol. The zero-order valence-electron chi connectivity index (χ0n) is 14.3. The lowest BCUT2D eigenvalue weighted by Crippen LogP contribution is -2.42. The first-order valence-electron chi connectivity index (χ1n) is 8.19. The fourth-order valence-corrected chi connectivity index (χ4v) is 2.93. The van der Waals surface area contributed by atoms with Gasteiger partial charge in [0.2, 0.25) is 0 Å². The van der Waals surface area contributed by atoms with Crippen molar-refractivity contribution in [1.29, 1.82) is 0 Å². The van der Waals surface area contributed by atoms with Crippen LogP contribution in [0.25, 0.3) is 10.8 Å². The number of guanidine groups is 1. The fourth-order valence-electron chi connectivity index (χ4n) is 2.93. The van der Waals surface area contributed by atoms with Crippen molar-refractivity contribution < 1.29 is 14.4 Å².